The number of rotatable bonds is 7. The summed E-state index contributed by atoms with van der Waals surface area (Å²) in [6.45, 7) is 3.80. The Morgan fingerprint density at radius 2 is 2.20 bits per heavy atom. The van der Waals surface area contributed by atoms with Gasteiger partial charge in [-0.1, -0.05) is 32.6 Å². The molecule has 0 aliphatic rings. The summed E-state index contributed by atoms with van der Waals surface area (Å²) in [5, 5.41) is 4.02. The molecule has 0 saturated carbocycles. The zero-order chi connectivity index (χ0) is 11.1. The highest BCUT2D eigenvalue weighted by Gasteiger charge is 2.15. The van der Waals surface area contributed by atoms with Gasteiger partial charge in [0.2, 0.25) is 0 Å². The van der Waals surface area contributed by atoms with E-state index in [4.69, 9.17) is 0 Å². The molecule has 4 heteroatoms. The number of unbranched alkanes of at least 4 members (excludes halogenated alkanes) is 3. The van der Waals surface area contributed by atoms with Crippen molar-refractivity contribution in [3.63, 3.8) is 0 Å². The molecule has 0 aliphatic heterocycles. The zero-order valence-corrected chi connectivity index (χ0v) is 9.52. The average molecular weight is 209 g/mol. The monoisotopic (exact) mass is 209 g/mol. The van der Waals surface area contributed by atoms with E-state index in [1.165, 1.54) is 25.6 Å². The molecule has 4 nitrogen and oxygen atoms in total. The van der Waals surface area contributed by atoms with E-state index in [0.29, 0.717) is 0 Å². The van der Waals surface area contributed by atoms with Gasteiger partial charge in [0.15, 0.2) is 5.78 Å². The van der Waals surface area contributed by atoms with E-state index >= 15 is 0 Å². The van der Waals surface area contributed by atoms with Crippen molar-refractivity contribution < 1.29 is 4.79 Å². The smallest absolute Gasteiger partial charge is 0.154 e. The minimum Gasteiger partial charge on any atom is -0.298 e. The van der Waals surface area contributed by atoms with Crippen LogP contribution in [0.1, 0.15) is 52.0 Å². The zero-order valence-electron chi connectivity index (χ0n) is 9.52. The summed E-state index contributed by atoms with van der Waals surface area (Å²) in [6.07, 6.45) is 8.69. The lowest BCUT2D eigenvalue weighted by molar-refractivity contribution is -0.120. The van der Waals surface area contributed by atoms with Crippen molar-refractivity contribution in [2.75, 3.05) is 0 Å². The molecule has 1 unspecified atom stereocenters. The third-order valence-electron chi connectivity index (χ3n) is 2.56. The Balaban J connectivity index is 2.42. The molecular weight excluding hydrogens is 190 g/mol. The number of aromatic nitrogens is 3. The van der Waals surface area contributed by atoms with Crippen molar-refractivity contribution in [3.05, 3.63) is 12.7 Å². The van der Waals surface area contributed by atoms with Crippen LogP contribution in [0.3, 0.4) is 0 Å². The molecule has 84 valence electrons. The van der Waals surface area contributed by atoms with E-state index in [0.717, 1.165) is 12.8 Å². The lowest BCUT2D eigenvalue weighted by Crippen LogP contribution is -2.17. The second kappa shape index (κ2) is 6.32. The fourth-order valence-corrected chi connectivity index (χ4v) is 1.66. The number of carbonyl (C=O) groups excluding carboxylic acids is 1. The molecule has 1 atom stereocenters. The Kier molecular flexibility index (Phi) is 5.01. The SMILES string of the molecule is CCCCCCC(C(C)=O)n1cncn1. The van der Waals surface area contributed by atoms with Crippen molar-refractivity contribution in [1.82, 2.24) is 14.8 Å². The second-order valence-corrected chi connectivity index (χ2v) is 3.85. The van der Waals surface area contributed by atoms with Gasteiger partial charge < -0.3 is 0 Å². The van der Waals surface area contributed by atoms with Gasteiger partial charge in [0.25, 0.3) is 0 Å². The summed E-state index contributed by atoms with van der Waals surface area (Å²) in [7, 11) is 0. The molecule has 0 aromatic carbocycles. The highest BCUT2D eigenvalue weighted by atomic mass is 16.1. The van der Waals surface area contributed by atoms with Crippen LogP contribution in [-0.4, -0.2) is 20.5 Å². The standard InChI is InChI=1S/C11H19N3O/c1-3-4-5-6-7-11(10(2)15)14-9-12-8-13-14/h8-9,11H,3-7H2,1-2H3. The van der Waals surface area contributed by atoms with Gasteiger partial charge in [0, 0.05) is 0 Å². The summed E-state index contributed by atoms with van der Waals surface area (Å²) >= 11 is 0. The first-order valence-corrected chi connectivity index (χ1v) is 5.60. The maximum Gasteiger partial charge on any atom is 0.154 e. The Morgan fingerprint density at radius 1 is 1.40 bits per heavy atom. The van der Waals surface area contributed by atoms with Crippen LogP contribution in [0.25, 0.3) is 0 Å². The van der Waals surface area contributed by atoms with E-state index in [9.17, 15) is 4.79 Å². The van der Waals surface area contributed by atoms with Gasteiger partial charge >= 0.3 is 0 Å². The second-order valence-electron chi connectivity index (χ2n) is 3.85. The molecule has 0 bridgehead atoms. The molecule has 15 heavy (non-hydrogen) atoms. The van der Waals surface area contributed by atoms with E-state index in [1.807, 2.05) is 0 Å². The van der Waals surface area contributed by atoms with Crippen LogP contribution in [0.4, 0.5) is 0 Å². The number of hydrogen-bond acceptors (Lipinski definition) is 3. The van der Waals surface area contributed by atoms with Crippen molar-refractivity contribution in [1.29, 1.82) is 0 Å². The molecule has 0 N–H and O–H groups in total. The molecule has 1 rings (SSSR count). The predicted octanol–water partition coefficient (Wildman–Crippen LogP) is 2.38. The largest absolute Gasteiger partial charge is 0.298 e. The van der Waals surface area contributed by atoms with Crippen LogP contribution in [0.2, 0.25) is 0 Å². The Labute approximate surface area is 90.7 Å². The normalized spacial score (nSPS) is 12.7. The summed E-state index contributed by atoms with van der Waals surface area (Å²) in [5.74, 6) is 0.164. The van der Waals surface area contributed by atoms with E-state index < -0.39 is 0 Å². The van der Waals surface area contributed by atoms with Crippen LogP contribution in [-0.2, 0) is 4.79 Å². The van der Waals surface area contributed by atoms with Gasteiger partial charge in [-0.15, -0.1) is 0 Å². The fraction of sp³-hybridized carbons (Fsp3) is 0.727. The molecule has 1 aromatic rings. The topological polar surface area (TPSA) is 47.8 Å². The summed E-state index contributed by atoms with van der Waals surface area (Å²) in [4.78, 5) is 15.3. The summed E-state index contributed by atoms with van der Waals surface area (Å²) in [6, 6.07) is -0.121. The molecule has 0 amide bonds. The van der Waals surface area contributed by atoms with Crippen molar-refractivity contribution >= 4 is 5.78 Å². The summed E-state index contributed by atoms with van der Waals surface area (Å²) < 4.78 is 1.66. The van der Waals surface area contributed by atoms with Crippen LogP contribution < -0.4 is 0 Å². The van der Waals surface area contributed by atoms with Crippen molar-refractivity contribution in [2.45, 2.75) is 52.0 Å². The van der Waals surface area contributed by atoms with E-state index in [1.54, 1.807) is 17.9 Å². The van der Waals surface area contributed by atoms with Gasteiger partial charge in [-0.3, -0.25) is 4.79 Å². The first-order valence-electron chi connectivity index (χ1n) is 5.60. The van der Waals surface area contributed by atoms with Crippen LogP contribution in [0.5, 0.6) is 0 Å². The number of nitrogens with zero attached hydrogens (tertiary/aromatic N) is 3. The van der Waals surface area contributed by atoms with E-state index in [-0.39, 0.29) is 11.8 Å². The van der Waals surface area contributed by atoms with Gasteiger partial charge in [0.1, 0.15) is 18.7 Å². The molecule has 0 spiro atoms. The Bertz CT molecular complexity index is 282. The molecular formula is C11H19N3O. The molecule has 0 aliphatic carbocycles. The quantitative estimate of drug-likeness (QED) is 0.648. The van der Waals surface area contributed by atoms with Crippen molar-refractivity contribution in [2.24, 2.45) is 0 Å². The molecule has 0 radical (unpaired) electrons. The minimum absolute atomic E-state index is 0.121. The average Bonchev–Trinajstić information content (AvgIpc) is 2.70. The first-order chi connectivity index (χ1) is 7.25. The number of Topliss-reactive ketones (excluding diaryl/α,β-unsaturated/α-hetero) is 1. The van der Waals surface area contributed by atoms with Gasteiger partial charge in [-0.05, 0) is 13.3 Å². The van der Waals surface area contributed by atoms with Crippen LogP contribution in [0.15, 0.2) is 12.7 Å². The Morgan fingerprint density at radius 3 is 2.73 bits per heavy atom. The highest BCUT2D eigenvalue weighted by Crippen LogP contribution is 2.15. The molecule has 0 saturated heterocycles. The lowest BCUT2D eigenvalue weighted by atomic mass is 10.0. The van der Waals surface area contributed by atoms with Gasteiger partial charge in [-0.2, -0.15) is 5.10 Å². The summed E-state index contributed by atoms with van der Waals surface area (Å²) in [5.41, 5.74) is 0. The highest BCUT2D eigenvalue weighted by molar-refractivity contribution is 5.79. The van der Waals surface area contributed by atoms with Crippen LogP contribution in [0, 0.1) is 0 Å². The van der Waals surface area contributed by atoms with Crippen molar-refractivity contribution in [3.8, 4) is 0 Å². The Hall–Kier alpha value is -1.19. The third-order valence-corrected chi connectivity index (χ3v) is 2.56. The van der Waals surface area contributed by atoms with Crippen LogP contribution >= 0.6 is 0 Å². The third kappa shape index (κ3) is 3.81. The maximum absolute atomic E-state index is 11.4. The van der Waals surface area contributed by atoms with Gasteiger partial charge in [-0.25, -0.2) is 9.67 Å². The maximum atomic E-state index is 11.4. The fourth-order valence-electron chi connectivity index (χ4n) is 1.66. The molecule has 1 aromatic heterocycles. The first kappa shape index (κ1) is 11.9. The predicted molar refractivity (Wildman–Crippen MR) is 58.5 cm³/mol. The minimum atomic E-state index is -0.121. The number of ketones is 1. The van der Waals surface area contributed by atoms with E-state index in [2.05, 4.69) is 17.0 Å². The lowest BCUT2D eigenvalue weighted by Gasteiger charge is -2.13. The number of hydrogen-bond donors (Lipinski definition) is 0. The van der Waals surface area contributed by atoms with Gasteiger partial charge in [0.05, 0.1) is 0 Å². The number of carbonyl (C=O) groups is 1. The molecule has 0 fully saturated rings. The molecule has 1 heterocycles.